The summed E-state index contributed by atoms with van der Waals surface area (Å²) in [6.07, 6.45) is 0. The standard InChI is InChI=1S/C15H22FN3O4.ClH/c1-8(2)14(17)15(21)18-7-13(20)19-10-5-9(16)11(22-3)6-12(10)23-4;/h5-6,8,14H,7,17H2,1-4H3,(H,18,21)(H,19,20);1H/t14-;/m0./s1. The molecule has 1 atom stereocenters. The summed E-state index contributed by atoms with van der Waals surface area (Å²) in [6.45, 7) is 3.32. The summed E-state index contributed by atoms with van der Waals surface area (Å²) >= 11 is 0. The molecule has 0 aliphatic rings. The third-order valence-electron chi connectivity index (χ3n) is 3.19. The van der Waals surface area contributed by atoms with Gasteiger partial charge >= 0.3 is 0 Å². The lowest BCUT2D eigenvalue weighted by molar-refractivity contribution is -0.125. The van der Waals surface area contributed by atoms with Gasteiger partial charge in [-0.15, -0.1) is 12.4 Å². The molecule has 0 heterocycles. The Balaban J connectivity index is 0.00000529. The Labute approximate surface area is 146 Å². The molecule has 136 valence electrons. The van der Waals surface area contributed by atoms with Crippen LogP contribution in [-0.2, 0) is 9.59 Å². The molecule has 4 N–H and O–H groups in total. The minimum atomic E-state index is -0.698. The molecule has 24 heavy (non-hydrogen) atoms. The largest absolute Gasteiger partial charge is 0.494 e. The number of anilines is 1. The van der Waals surface area contributed by atoms with Crippen LogP contribution in [0.15, 0.2) is 12.1 Å². The van der Waals surface area contributed by atoms with E-state index in [4.69, 9.17) is 15.2 Å². The van der Waals surface area contributed by atoms with Crippen molar-refractivity contribution in [1.82, 2.24) is 5.32 Å². The average molecular weight is 364 g/mol. The van der Waals surface area contributed by atoms with Crippen molar-refractivity contribution in [3.8, 4) is 11.5 Å². The third-order valence-corrected chi connectivity index (χ3v) is 3.19. The lowest BCUT2D eigenvalue weighted by Gasteiger charge is -2.16. The number of amides is 2. The van der Waals surface area contributed by atoms with Crippen LogP contribution >= 0.6 is 12.4 Å². The predicted molar refractivity (Wildman–Crippen MR) is 91.2 cm³/mol. The van der Waals surface area contributed by atoms with E-state index in [1.54, 1.807) is 13.8 Å². The maximum absolute atomic E-state index is 13.7. The maximum Gasteiger partial charge on any atom is 0.243 e. The molecule has 0 aromatic heterocycles. The first kappa shape index (κ1) is 21.9. The molecule has 0 aliphatic carbocycles. The number of methoxy groups -OCH3 is 2. The third kappa shape index (κ3) is 5.86. The topological polar surface area (TPSA) is 103 Å². The lowest BCUT2D eigenvalue weighted by Crippen LogP contribution is -2.46. The summed E-state index contributed by atoms with van der Waals surface area (Å²) < 4.78 is 23.6. The Morgan fingerprint density at radius 2 is 1.79 bits per heavy atom. The van der Waals surface area contributed by atoms with E-state index in [9.17, 15) is 14.0 Å². The number of benzene rings is 1. The summed E-state index contributed by atoms with van der Waals surface area (Å²) in [5.41, 5.74) is 5.81. The van der Waals surface area contributed by atoms with Crippen LogP contribution in [0.2, 0.25) is 0 Å². The Bertz CT molecular complexity index is 584. The molecule has 2 amide bonds. The Morgan fingerprint density at radius 3 is 2.29 bits per heavy atom. The molecule has 0 saturated heterocycles. The minimum absolute atomic E-state index is 0. The normalized spacial score (nSPS) is 11.3. The highest BCUT2D eigenvalue weighted by atomic mass is 35.5. The summed E-state index contributed by atoms with van der Waals surface area (Å²) in [4.78, 5) is 23.6. The van der Waals surface area contributed by atoms with Crippen molar-refractivity contribution in [3.63, 3.8) is 0 Å². The SMILES string of the molecule is COc1cc(OC)c(NC(=O)CNC(=O)[C@@H](N)C(C)C)cc1F.Cl. The summed E-state index contributed by atoms with van der Waals surface area (Å²) in [5.74, 6) is -1.42. The molecule has 1 aromatic rings. The molecule has 1 rings (SSSR count). The maximum atomic E-state index is 13.7. The second kappa shape index (κ2) is 9.94. The van der Waals surface area contributed by atoms with Crippen LogP contribution in [0, 0.1) is 11.7 Å². The van der Waals surface area contributed by atoms with Crippen molar-refractivity contribution in [2.24, 2.45) is 11.7 Å². The number of carbonyl (C=O) groups excluding carboxylic acids is 2. The highest BCUT2D eigenvalue weighted by molar-refractivity contribution is 5.96. The van der Waals surface area contributed by atoms with Crippen LogP contribution in [0.25, 0.3) is 0 Å². The fourth-order valence-corrected chi connectivity index (χ4v) is 1.74. The molecule has 0 aliphatic heterocycles. The van der Waals surface area contributed by atoms with Crippen LogP contribution in [0.1, 0.15) is 13.8 Å². The summed E-state index contributed by atoms with van der Waals surface area (Å²) in [5, 5.41) is 4.89. The molecule has 0 fully saturated rings. The van der Waals surface area contributed by atoms with Crippen LogP contribution in [0.5, 0.6) is 11.5 Å². The van der Waals surface area contributed by atoms with E-state index in [1.165, 1.54) is 20.3 Å². The van der Waals surface area contributed by atoms with Crippen molar-refractivity contribution >= 4 is 29.9 Å². The predicted octanol–water partition coefficient (Wildman–Crippen LogP) is 1.30. The van der Waals surface area contributed by atoms with Gasteiger partial charge in [-0.1, -0.05) is 13.8 Å². The van der Waals surface area contributed by atoms with Crippen molar-refractivity contribution in [3.05, 3.63) is 17.9 Å². The molecule has 0 unspecified atom stereocenters. The number of nitrogens with two attached hydrogens (primary N) is 1. The van der Waals surface area contributed by atoms with Gasteiger partial charge in [-0.2, -0.15) is 0 Å². The van der Waals surface area contributed by atoms with E-state index in [0.29, 0.717) is 0 Å². The molecule has 0 saturated carbocycles. The van der Waals surface area contributed by atoms with Crippen molar-refractivity contribution < 1.29 is 23.5 Å². The number of hydrogen-bond donors (Lipinski definition) is 3. The number of carbonyl (C=O) groups is 2. The Morgan fingerprint density at radius 1 is 1.21 bits per heavy atom. The first-order valence-electron chi connectivity index (χ1n) is 7.04. The van der Waals surface area contributed by atoms with Gasteiger partial charge in [0.05, 0.1) is 32.5 Å². The quantitative estimate of drug-likeness (QED) is 0.677. The second-order valence-electron chi connectivity index (χ2n) is 5.22. The van der Waals surface area contributed by atoms with E-state index in [1.807, 2.05) is 0 Å². The van der Waals surface area contributed by atoms with Gasteiger partial charge < -0.3 is 25.8 Å². The zero-order chi connectivity index (χ0) is 17.6. The number of hydrogen-bond acceptors (Lipinski definition) is 5. The van der Waals surface area contributed by atoms with Crippen LogP contribution in [0.3, 0.4) is 0 Å². The van der Waals surface area contributed by atoms with Crippen LogP contribution < -0.4 is 25.8 Å². The zero-order valence-electron chi connectivity index (χ0n) is 14.0. The van der Waals surface area contributed by atoms with Gasteiger partial charge in [0, 0.05) is 12.1 Å². The van der Waals surface area contributed by atoms with Gasteiger partial charge in [0.25, 0.3) is 0 Å². The Hall–Kier alpha value is -2.06. The Kier molecular flexibility index (Phi) is 9.09. The molecule has 0 bridgehead atoms. The summed E-state index contributed by atoms with van der Waals surface area (Å²) in [6, 6.07) is 1.70. The van der Waals surface area contributed by atoms with Gasteiger partial charge in [0.2, 0.25) is 11.8 Å². The number of rotatable bonds is 7. The van der Waals surface area contributed by atoms with Gasteiger partial charge in [-0.05, 0) is 5.92 Å². The summed E-state index contributed by atoms with van der Waals surface area (Å²) in [7, 11) is 2.70. The fourth-order valence-electron chi connectivity index (χ4n) is 1.74. The van der Waals surface area contributed by atoms with Crippen LogP contribution in [0.4, 0.5) is 10.1 Å². The highest BCUT2D eigenvalue weighted by Crippen LogP contribution is 2.31. The molecular formula is C15H23ClFN3O4. The second-order valence-corrected chi connectivity index (χ2v) is 5.22. The molecule has 0 spiro atoms. The molecule has 9 heteroatoms. The number of halogens is 2. The van der Waals surface area contributed by atoms with E-state index in [0.717, 1.165) is 6.07 Å². The van der Waals surface area contributed by atoms with Gasteiger partial charge in [0.1, 0.15) is 5.75 Å². The van der Waals surface area contributed by atoms with Crippen LogP contribution in [-0.4, -0.2) is 38.6 Å². The molecule has 7 nitrogen and oxygen atoms in total. The van der Waals surface area contributed by atoms with Crippen molar-refractivity contribution in [2.75, 3.05) is 26.1 Å². The number of nitrogens with one attached hydrogen (secondary N) is 2. The molecule has 0 radical (unpaired) electrons. The first-order valence-corrected chi connectivity index (χ1v) is 7.04. The van der Waals surface area contributed by atoms with Gasteiger partial charge in [-0.3, -0.25) is 9.59 Å². The van der Waals surface area contributed by atoms with Gasteiger partial charge in [0.15, 0.2) is 11.6 Å². The van der Waals surface area contributed by atoms with E-state index in [2.05, 4.69) is 10.6 Å². The fraction of sp³-hybridized carbons (Fsp3) is 0.467. The molecular weight excluding hydrogens is 341 g/mol. The monoisotopic (exact) mass is 363 g/mol. The van der Waals surface area contributed by atoms with Crippen molar-refractivity contribution in [1.29, 1.82) is 0 Å². The zero-order valence-corrected chi connectivity index (χ0v) is 14.8. The van der Waals surface area contributed by atoms with Gasteiger partial charge in [-0.25, -0.2) is 4.39 Å². The lowest BCUT2D eigenvalue weighted by atomic mass is 10.1. The molecule has 1 aromatic carbocycles. The number of ether oxygens (including phenoxy) is 2. The van der Waals surface area contributed by atoms with E-state index in [-0.39, 0.29) is 42.1 Å². The highest BCUT2D eigenvalue weighted by Gasteiger charge is 2.18. The van der Waals surface area contributed by atoms with E-state index >= 15 is 0 Å². The first-order chi connectivity index (χ1) is 10.8. The van der Waals surface area contributed by atoms with Crippen molar-refractivity contribution in [2.45, 2.75) is 19.9 Å². The average Bonchev–Trinajstić information content (AvgIpc) is 2.52. The smallest absolute Gasteiger partial charge is 0.243 e. The van der Waals surface area contributed by atoms with E-state index < -0.39 is 23.7 Å². The minimum Gasteiger partial charge on any atom is -0.494 e.